The summed E-state index contributed by atoms with van der Waals surface area (Å²) in [6, 6.07) is 4.38. The Labute approximate surface area is 633 Å². The number of aryl methyl sites for hydroxylation is 7. The number of hydrogen-bond acceptors (Lipinski definition) is 23. The molecular formula is C69H98N22O19. The minimum Gasteiger partial charge on any atom is -0.379 e. The highest BCUT2D eigenvalue weighted by atomic mass is 16.6. The summed E-state index contributed by atoms with van der Waals surface area (Å²) < 4.78 is 53.7. The van der Waals surface area contributed by atoms with Gasteiger partial charge in [-0.1, -0.05) is 0 Å². The highest BCUT2D eigenvalue weighted by Crippen LogP contribution is 2.19. The van der Waals surface area contributed by atoms with Crippen LogP contribution in [0.15, 0.2) is 67.8 Å². The largest absolute Gasteiger partial charge is 0.379 e. The SMILES string of the molecule is CCOCCOCCOCCOCCOCCOCCOCCOCCNC(=O)CCNC(=O)c1nc(NC(=O)c2cc(NC(=O)CCNC(=O)c3nc(NC(=O)CCCNC(=O)c4cc(NC(=O)c5nc(NC(=O)CCNC(=O)c6cc(NC(=O)c7nccn7C)cn6C)cn5C)cn4C)cn3C)cn2C)cn1C. The molecule has 0 bridgehead atoms. The maximum Gasteiger partial charge on any atom is 0.291 e. The lowest BCUT2D eigenvalue weighted by Crippen LogP contribution is -2.33. The fourth-order valence-corrected chi connectivity index (χ4v) is 10.3. The molecule has 598 valence electrons. The predicted octanol–water partition coefficient (Wildman–Crippen LogP) is 0.448. The monoisotopic (exact) mass is 1540 g/mol. The molecule has 110 heavy (non-hydrogen) atoms. The molecule has 11 amide bonds. The Morgan fingerprint density at radius 1 is 0.309 bits per heavy atom. The van der Waals surface area contributed by atoms with Crippen molar-refractivity contribution < 1.29 is 90.6 Å². The quantitative estimate of drug-likeness (QED) is 0.0231. The Balaban J connectivity index is 0.691. The lowest BCUT2D eigenvalue weighted by atomic mass is 10.3. The number of hydrogen-bond donors (Lipinski definition) is 11. The fourth-order valence-electron chi connectivity index (χ4n) is 10.3. The summed E-state index contributed by atoms with van der Waals surface area (Å²) in [5, 5.41) is 29.4. The van der Waals surface area contributed by atoms with Gasteiger partial charge in [0.05, 0.1) is 116 Å². The Morgan fingerprint density at radius 2 is 0.655 bits per heavy atom. The van der Waals surface area contributed by atoms with Crippen molar-refractivity contribution in [2.45, 2.75) is 39.0 Å². The van der Waals surface area contributed by atoms with Crippen LogP contribution in [-0.4, -0.2) is 255 Å². The number of carbonyl (C=O) groups is 11. The average Bonchev–Trinajstić information content (AvgIpc) is 1.70. The molecular weight excluding hydrogens is 1440 g/mol. The first-order valence-electron chi connectivity index (χ1n) is 35.4. The van der Waals surface area contributed by atoms with Gasteiger partial charge in [-0.2, -0.15) is 0 Å². The van der Waals surface area contributed by atoms with E-state index in [1.54, 1.807) is 66.3 Å². The molecule has 0 aliphatic carbocycles. The van der Waals surface area contributed by atoms with Crippen LogP contribution in [-0.2, 0) is 106 Å². The fraction of sp³-hybridized carbons (Fsp3) is 0.493. The molecule has 0 unspecified atom stereocenters. The van der Waals surface area contributed by atoms with Crippen molar-refractivity contribution in [2.24, 2.45) is 49.3 Å². The molecule has 0 aliphatic heterocycles. The van der Waals surface area contributed by atoms with Crippen LogP contribution in [0.3, 0.4) is 0 Å². The first-order chi connectivity index (χ1) is 53.0. The van der Waals surface area contributed by atoms with Crippen LogP contribution in [0.1, 0.15) is 113 Å². The standard InChI is InChI=1S/C69H98N22O19/c1-9-103-23-24-105-27-28-107-31-32-109-35-36-110-34-33-108-30-29-106-26-25-104-22-20-70-55(92)12-16-74-67(100)61-83-54(45-90(61)7)84-65(98)51-37-46(40-88(51)5)76-57(94)13-18-75-66(99)60-81-52(43-89(60)6)79-56(93)11-10-15-72-63(96)49-39-48(42-86(49)3)78-69(102)62-82-53(44-91(62)8)80-58(95)14-17-73-64(97)50-38-47(41-87(50)4)77-68(101)59-71-19-21-85(59)2/h19,21,37-45H,9-18,20,22-36H2,1-8H3,(H,70,92)(H,72,96)(H,73,97)(H,74,100)(H,75,99)(H,76,94)(H,77,101)(H,78,102)(H,79,93)(H,80,95)(H,84,98). The van der Waals surface area contributed by atoms with E-state index in [0.717, 1.165) is 0 Å². The van der Waals surface area contributed by atoms with Crippen molar-refractivity contribution in [1.82, 2.24) is 78.5 Å². The van der Waals surface area contributed by atoms with Crippen LogP contribution in [0, 0.1) is 0 Å². The van der Waals surface area contributed by atoms with Gasteiger partial charge in [-0.05, 0) is 31.5 Å². The van der Waals surface area contributed by atoms with Gasteiger partial charge in [0.1, 0.15) is 17.1 Å². The van der Waals surface area contributed by atoms with E-state index in [0.29, 0.717) is 105 Å². The van der Waals surface area contributed by atoms with E-state index < -0.39 is 59.1 Å². The van der Waals surface area contributed by atoms with Crippen molar-refractivity contribution in [3.8, 4) is 0 Å². The van der Waals surface area contributed by atoms with Crippen LogP contribution in [0.25, 0.3) is 0 Å². The summed E-state index contributed by atoms with van der Waals surface area (Å²) in [5.41, 5.74) is 1.52. The summed E-state index contributed by atoms with van der Waals surface area (Å²) >= 11 is 0. The zero-order chi connectivity index (χ0) is 79.3. The van der Waals surface area contributed by atoms with Gasteiger partial charge in [0.2, 0.25) is 41.1 Å². The number of aromatic nitrogens is 11. The van der Waals surface area contributed by atoms with E-state index in [4.69, 9.17) is 37.9 Å². The van der Waals surface area contributed by atoms with Crippen molar-refractivity contribution in [3.05, 3.63) is 108 Å². The van der Waals surface area contributed by atoms with Gasteiger partial charge < -0.3 is 128 Å². The second-order valence-corrected chi connectivity index (χ2v) is 24.4. The third-order valence-electron chi connectivity index (χ3n) is 15.7. The molecule has 7 heterocycles. The summed E-state index contributed by atoms with van der Waals surface area (Å²) in [7, 11) is 11.2. The third kappa shape index (κ3) is 28.9. The maximum atomic E-state index is 13.3. The lowest BCUT2D eigenvalue weighted by Gasteiger charge is -2.09. The van der Waals surface area contributed by atoms with Crippen molar-refractivity contribution in [2.75, 3.05) is 170 Å². The molecule has 0 radical (unpaired) electrons. The Kier molecular flexibility index (Phi) is 35.4. The van der Waals surface area contributed by atoms with Crippen LogP contribution >= 0.6 is 0 Å². The number of nitrogens with one attached hydrogen (secondary N) is 11. The summed E-state index contributed by atoms with van der Waals surface area (Å²) in [4.78, 5) is 159. The molecule has 0 aromatic carbocycles. The van der Waals surface area contributed by atoms with Crippen molar-refractivity contribution in [1.29, 1.82) is 0 Å². The first kappa shape index (κ1) is 85.8. The summed E-state index contributed by atoms with van der Waals surface area (Å²) in [6.45, 7) is 9.47. The minimum atomic E-state index is -0.638. The van der Waals surface area contributed by atoms with Gasteiger partial charge in [-0.25, -0.2) is 19.9 Å². The number of anilines is 6. The molecule has 0 spiro atoms. The summed E-state index contributed by atoms with van der Waals surface area (Å²) in [5.74, 6) is -5.26. The van der Waals surface area contributed by atoms with E-state index in [2.05, 4.69) is 78.4 Å². The van der Waals surface area contributed by atoms with E-state index >= 15 is 0 Å². The number of rotatable bonds is 51. The molecule has 7 aromatic rings. The van der Waals surface area contributed by atoms with Crippen LogP contribution in [0.2, 0.25) is 0 Å². The molecule has 7 aromatic heterocycles. The molecule has 41 nitrogen and oxygen atoms in total. The zero-order valence-corrected chi connectivity index (χ0v) is 62.9. The molecule has 0 fully saturated rings. The Bertz CT molecular complexity index is 4220. The number of ether oxygens (including phenoxy) is 8. The lowest BCUT2D eigenvalue weighted by molar-refractivity contribution is -0.121. The van der Waals surface area contributed by atoms with Gasteiger partial charge in [-0.15, -0.1) is 0 Å². The van der Waals surface area contributed by atoms with E-state index in [-0.39, 0.29) is 147 Å². The number of amides is 11. The molecule has 41 heteroatoms. The van der Waals surface area contributed by atoms with E-state index in [9.17, 15) is 52.7 Å². The second-order valence-electron chi connectivity index (χ2n) is 24.4. The first-order valence-corrected chi connectivity index (χ1v) is 35.4. The van der Waals surface area contributed by atoms with Crippen LogP contribution in [0.5, 0.6) is 0 Å². The van der Waals surface area contributed by atoms with Gasteiger partial charge in [0.15, 0.2) is 23.3 Å². The average molecular weight is 1540 g/mol. The van der Waals surface area contributed by atoms with Crippen LogP contribution in [0.4, 0.5) is 34.5 Å². The Morgan fingerprint density at radius 3 is 1.08 bits per heavy atom. The van der Waals surface area contributed by atoms with Gasteiger partial charge in [0.25, 0.3) is 41.4 Å². The third-order valence-corrected chi connectivity index (χ3v) is 15.7. The number of carbonyl (C=O) groups excluding carboxylic acids is 11. The molecule has 0 atom stereocenters. The highest BCUT2D eigenvalue weighted by molar-refractivity contribution is 6.06. The van der Waals surface area contributed by atoms with E-state index in [1.807, 2.05) is 6.92 Å². The second kappa shape index (κ2) is 45.4. The highest BCUT2D eigenvalue weighted by Gasteiger charge is 2.24. The molecule has 0 saturated heterocycles. The smallest absolute Gasteiger partial charge is 0.291 e. The van der Waals surface area contributed by atoms with Crippen molar-refractivity contribution >= 4 is 99.5 Å². The van der Waals surface area contributed by atoms with Gasteiger partial charge in [-0.3, -0.25) is 52.7 Å². The minimum absolute atomic E-state index is 0.00613. The number of nitrogens with zero attached hydrogens (tertiary/aromatic N) is 11. The molecule has 0 saturated carbocycles. The molecule has 0 aliphatic rings. The topological polar surface area (TPSA) is 480 Å². The number of imidazole rings is 4. The predicted molar refractivity (Wildman–Crippen MR) is 396 cm³/mol. The van der Waals surface area contributed by atoms with Crippen molar-refractivity contribution in [3.63, 3.8) is 0 Å². The van der Waals surface area contributed by atoms with Crippen LogP contribution < -0.4 is 58.5 Å². The Hall–Kier alpha value is -11.5. The molecule has 11 N–H and O–H groups in total. The zero-order valence-electron chi connectivity index (χ0n) is 62.9. The van der Waals surface area contributed by atoms with Gasteiger partial charge >= 0.3 is 0 Å². The summed E-state index contributed by atoms with van der Waals surface area (Å²) in [6.07, 6.45) is 12.0. The normalized spacial score (nSPS) is 11.1. The van der Waals surface area contributed by atoms with E-state index in [1.165, 1.54) is 82.8 Å². The molecule has 7 rings (SSSR count). The maximum absolute atomic E-state index is 13.3. The van der Waals surface area contributed by atoms with Gasteiger partial charge in [0, 0.05) is 164 Å².